The summed E-state index contributed by atoms with van der Waals surface area (Å²) in [7, 11) is -4.85. The number of carboxylic acids is 1. The number of aliphatic hydroxyl groups excluding tert-OH is 2. The lowest BCUT2D eigenvalue weighted by molar-refractivity contribution is -0.227. The maximum Gasteiger partial charge on any atom is 0.397 e. The van der Waals surface area contributed by atoms with Crippen molar-refractivity contribution in [1.29, 1.82) is 0 Å². The molecule has 9 nitrogen and oxygen atoms in total. The Balaban J connectivity index is 2.98. The zero-order chi connectivity index (χ0) is 15.7. The van der Waals surface area contributed by atoms with E-state index in [9.17, 15) is 23.4 Å². The first-order valence-corrected chi connectivity index (χ1v) is 7.28. The molecule has 4 N–H and O–H groups in total. The molecule has 118 valence electrons. The first-order chi connectivity index (χ1) is 9.03. The Bertz CT molecular complexity index is 446. The van der Waals surface area contributed by atoms with Crippen LogP contribution < -0.4 is 0 Å². The summed E-state index contributed by atoms with van der Waals surface area (Å²) in [6.45, 7) is 3.26. The van der Waals surface area contributed by atoms with Crippen LogP contribution in [0.15, 0.2) is 0 Å². The lowest BCUT2D eigenvalue weighted by atomic mass is 9.88. The predicted octanol–water partition coefficient (Wildman–Crippen LogP) is -1.21. The van der Waals surface area contributed by atoms with Gasteiger partial charge in [-0.2, -0.15) is 8.42 Å². The summed E-state index contributed by atoms with van der Waals surface area (Å²) < 4.78 is 39.9. The van der Waals surface area contributed by atoms with Crippen molar-refractivity contribution in [2.75, 3.05) is 0 Å². The largest absolute Gasteiger partial charge is 0.481 e. The van der Waals surface area contributed by atoms with Crippen LogP contribution in [0.1, 0.15) is 20.3 Å². The van der Waals surface area contributed by atoms with Crippen LogP contribution in [-0.2, 0) is 24.1 Å². The summed E-state index contributed by atoms with van der Waals surface area (Å²) in [6, 6.07) is 0. The lowest BCUT2D eigenvalue weighted by Gasteiger charge is -2.43. The normalized spacial score (nSPS) is 35.2. The minimum atomic E-state index is -4.85. The SMILES string of the molecule is CC(C)[C@@H]1OC(CC(=O)O)[C@@H](O)[C@@H](O)C1OS(=O)(=O)O. The smallest absolute Gasteiger partial charge is 0.397 e. The summed E-state index contributed by atoms with van der Waals surface area (Å²) in [5.41, 5.74) is 0. The van der Waals surface area contributed by atoms with Crippen LogP contribution in [0.5, 0.6) is 0 Å². The van der Waals surface area contributed by atoms with Gasteiger partial charge in [0.1, 0.15) is 18.3 Å². The molecule has 1 aliphatic rings. The van der Waals surface area contributed by atoms with Crippen LogP contribution in [0, 0.1) is 5.92 Å². The zero-order valence-electron chi connectivity index (χ0n) is 10.9. The van der Waals surface area contributed by atoms with Gasteiger partial charge in [-0.25, -0.2) is 4.18 Å². The van der Waals surface area contributed by atoms with Gasteiger partial charge in [0.25, 0.3) is 0 Å². The highest BCUT2D eigenvalue weighted by molar-refractivity contribution is 7.80. The molecule has 1 rings (SSSR count). The van der Waals surface area contributed by atoms with Crippen LogP contribution in [-0.4, -0.2) is 64.8 Å². The second-order valence-electron chi connectivity index (χ2n) is 4.95. The van der Waals surface area contributed by atoms with Crippen molar-refractivity contribution < 1.29 is 42.0 Å². The van der Waals surface area contributed by atoms with Crippen LogP contribution in [0.25, 0.3) is 0 Å². The molecule has 1 fully saturated rings. The molecular weight excluding hydrogens is 296 g/mol. The van der Waals surface area contributed by atoms with Gasteiger partial charge >= 0.3 is 16.4 Å². The van der Waals surface area contributed by atoms with E-state index in [0.717, 1.165) is 0 Å². The van der Waals surface area contributed by atoms with E-state index in [-0.39, 0.29) is 5.92 Å². The third-order valence-electron chi connectivity index (χ3n) is 2.99. The van der Waals surface area contributed by atoms with E-state index in [2.05, 4.69) is 4.18 Å². The van der Waals surface area contributed by atoms with Gasteiger partial charge in [0.05, 0.1) is 18.6 Å². The molecule has 10 heteroatoms. The van der Waals surface area contributed by atoms with Crippen molar-refractivity contribution in [3.8, 4) is 0 Å². The van der Waals surface area contributed by atoms with Gasteiger partial charge in [0.15, 0.2) is 0 Å². The maximum atomic E-state index is 10.8. The van der Waals surface area contributed by atoms with E-state index in [1.807, 2.05) is 0 Å². The van der Waals surface area contributed by atoms with Gasteiger partial charge in [-0.1, -0.05) is 13.8 Å². The summed E-state index contributed by atoms with van der Waals surface area (Å²) in [5.74, 6) is -1.59. The molecule has 2 unspecified atom stereocenters. The topological polar surface area (TPSA) is 151 Å². The second kappa shape index (κ2) is 6.33. The third kappa shape index (κ3) is 4.36. The Labute approximate surface area is 116 Å². The molecule has 0 aromatic rings. The molecular formula is C10H18O9S. The molecule has 20 heavy (non-hydrogen) atoms. The number of rotatable bonds is 5. The average molecular weight is 314 g/mol. The molecule has 5 atom stereocenters. The first kappa shape index (κ1) is 17.3. The number of ether oxygens (including phenoxy) is 1. The van der Waals surface area contributed by atoms with Gasteiger partial charge in [-0.05, 0) is 5.92 Å². The number of carboxylic acid groups (broad SMARTS) is 1. The van der Waals surface area contributed by atoms with E-state index >= 15 is 0 Å². The molecule has 0 spiro atoms. The summed E-state index contributed by atoms with van der Waals surface area (Å²) in [5, 5.41) is 28.3. The molecule has 1 heterocycles. The monoisotopic (exact) mass is 314 g/mol. The van der Waals surface area contributed by atoms with Gasteiger partial charge in [0.2, 0.25) is 0 Å². The van der Waals surface area contributed by atoms with Gasteiger partial charge in [-0.3, -0.25) is 9.35 Å². The van der Waals surface area contributed by atoms with E-state index in [0.29, 0.717) is 0 Å². The zero-order valence-corrected chi connectivity index (χ0v) is 11.7. The van der Waals surface area contributed by atoms with Crippen molar-refractivity contribution in [3.63, 3.8) is 0 Å². The fourth-order valence-corrected chi connectivity index (χ4v) is 2.60. The standard InChI is InChI=1S/C10H18O9S/c1-4(2)9-10(19-20(15,16)17)8(14)7(13)5(18-9)3-6(11)12/h4-5,7-10,13-14H,3H2,1-2H3,(H,11,12)(H,15,16,17)/t5?,7-,8-,9+,10?/m1/s1. The van der Waals surface area contributed by atoms with Crippen molar-refractivity contribution >= 4 is 16.4 Å². The van der Waals surface area contributed by atoms with Crippen LogP contribution in [0.4, 0.5) is 0 Å². The van der Waals surface area contributed by atoms with Gasteiger partial charge in [-0.15, -0.1) is 0 Å². The minimum absolute atomic E-state index is 0.347. The number of carbonyl (C=O) groups is 1. The van der Waals surface area contributed by atoms with E-state index in [1.54, 1.807) is 13.8 Å². The highest BCUT2D eigenvalue weighted by Crippen LogP contribution is 2.30. The Morgan fingerprint density at radius 2 is 1.85 bits per heavy atom. The Kier molecular flexibility index (Phi) is 5.46. The lowest BCUT2D eigenvalue weighted by Crippen LogP contribution is -2.60. The highest BCUT2D eigenvalue weighted by atomic mass is 32.3. The predicted molar refractivity (Wildman–Crippen MR) is 64.2 cm³/mol. The van der Waals surface area contributed by atoms with Crippen molar-refractivity contribution in [2.24, 2.45) is 5.92 Å². The van der Waals surface area contributed by atoms with Crippen LogP contribution in [0.3, 0.4) is 0 Å². The molecule has 1 saturated heterocycles. The fourth-order valence-electron chi connectivity index (χ4n) is 2.10. The quantitative estimate of drug-likeness (QED) is 0.458. The Morgan fingerprint density at radius 3 is 2.25 bits per heavy atom. The number of hydrogen-bond donors (Lipinski definition) is 4. The van der Waals surface area contributed by atoms with Gasteiger partial charge < -0.3 is 20.1 Å². The van der Waals surface area contributed by atoms with Gasteiger partial charge in [0, 0.05) is 0 Å². The first-order valence-electron chi connectivity index (χ1n) is 5.92. The molecule has 0 aromatic heterocycles. The molecule has 0 aliphatic carbocycles. The van der Waals surface area contributed by atoms with Crippen LogP contribution in [0.2, 0.25) is 0 Å². The Morgan fingerprint density at radius 1 is 1.30 bits per heavy atom. The highest BCUT2D eigenvalue weighted by Gasteiger charge is 2.48. The summed E-state index contributed by atoms with van der Waals surface area (Å²) in [6.07, 6.45) is -7.63. The number of aliphatic carboxylic acids is 1. The third-order valence-corrected chi connectivity index (χ3v) is 3.45. The number of aliphatic hydroxyl groups is 2. The van der Waals surface area contributed by atoms with Crippen molar-refractivity contribution in [1.82, 2.24) is 0 Å². The maximum absolute atomic E-state index is 10.8. The second-order valence-corrected chi connectivity index (χ2v) is 6.00. The number of hydrogen-bond acceptors (Lipinski definition) is 7. The minimum Gasteiger partial charge on any atom is -0.481 e. The molecule has 0 amide bonds. The van der Waals surface area contributed by atoms with E-state index in [1.165, 1.54) is 0 Å². The molecule has 0 radical (unpaired) electrons. The van der Waals surface area contributed by atoms with E-state index < -0.39 is 53.3 Å². The fraction of sp³-hybridized carbons (Fsp3) is 0.900. The molecule has 1 aliphatic heterocycles. The molecule has 0 bridgehead atoms. The average Bonchev–Trinajstić information content (AvgIpc) is 2.26. The Hall–Kier alpha value is -0.780. The van der Waals surface area contributed by atoms with E-state index in [4.69, 9.17) is 14.4 Å². The molecule has 0 saturated carbocycles. The van der Waals surface area contributed by atoms with Crippen molar-refractivity contribution in [2.45, 2.75) is 50.8 Å². The summed E-state index contributed by atoms with van der Waals surface area (Å²) in [4.78, 5) is 10.7. The summed E-state index contributed by atoms with van der Waals surface area (Å²) >= 11 is 0. The van der Waals surface area contributed by atoms with Crippen LogP contribution >= 0.6 is 0 Å². The molecule has 0 aromatic carbocycles. The van der Waals surface area contributed by atoms with Crippen molar-refractivity contribution in [3.05, 3.63) is 0 Å².